The molecule has 2 heterocycles. The molecule has 9 nitrogen and oxygen atoms in total. The standard InChI is InChI=1S/C21H28FN3O6/c22-16-10-14(2-3-17(16)24-5-7-30-8-6-24)25-12-15(31-21(25)29)11-23-20(28)13-1-4-18(26)19(27)9-13/h1,4,9,14-17,26-27H,2-3,5-8,10-12H2,(H,23,28)/t14-,15-,16?,17?/m0/s1. The molecule has 2 amide bonds. The van der Waals surface area contributed by atoms with Gasteiger partial charge in [-0.25, -0.2) is 9.18 Å². The Labute approximate surface area is 179 Å². The van der Waals surface area contributed by atoms with E-state index in [1.165, 1.54) is 12.1 Å². The summed E-state index contributed by atoms with van der Waals surface area (Å²) in [4.78, 5) is 28.3. The molecule has 10 heteroatoms. The van der Waals surface area contributed by atoms with E-state index in [2.05, 4.69) is 10.2 Å². The summed E-state index contributed by atoms with van der Waals surface area (Å²) < 4.78 is 25.6. The Kier molecular flexibility index (Phi) is 6.47. The molecule has 4 rings (SSSR count). The van der Waals surface area contributed by atoms with Crippen LogP contribution in [0.3, 0.4) is 0 Å². The van der Waals surface area contributed by atoms with Crippen LogP contribution in [0, 0.1) is 0 Å². The van der Waals surface area contributed by atoms with Crippen molar-refractivity contribution in [3.8, 4) is 11.5 Å². The van der Waals surface area contributed by atoms with Gasteiger partial charge < -0.3 is 29.9 Å². The van der Waals surface area contributed by atoms with Crippen molar-refractivity contribution < 1.29 is 33.7 Å². The highest BCUT2D eigenvalue weighted by Gasteiger charge is 2.42. The van der Waals surface area contributed by atoms with Gasteiger partial charge in [0.25, 0.3) is 5.91 Å². The number of carbonyl (C=O) groups is 2. The third-order valence-electron chi connectivity index (χ3n) is 6.30. The number of carbonyl (C=O) groups excluding carboxylic acids is 2. The van der Waals surface area contributed by atoms with Crippen LogP contribution < -0.4 is 5.32 Å². The monoisotopic (exact) mass is 437 g/mol. The van der Waals surface area contributed by atoms with Gasteiger partial charge in [0.2, 0.25) is 0 Å². The van der Waals surface area contributed by atoms with E-state index in [4.69, 9.17) is 9.47 Å². The summed E-state index contributed by atoms with van der Waals surface area (Å²) in [6.07, 6.45) is -0.348. The Bertz CT molecular complexity index is 818. The summed E-state index contributed by atoms with van der Waals surface area (Å²) in [5.41, 5.74) is 0.179. The summed E-state index contributed by atoms with van der Waals surface area (Å²) in [6, 6.07) is 3.42. The van der Waals surface area contributed by atoms with Crippen molar-refractivity contribution in [2.75, 3.05) is 39.4 Å². The molecule has 3 N–H and O–H groups in total. The second-order valence-corrected chi connectivity index (χ2v) is 8.27. The zero-order chi connectivity index (χ0) is 22.0. The SMILES string of the molecule is O=C(NC[C@H]1CN([C@H]2CCC(N3CCOCC3)C(F)C2)C(=O)O1)c1ccc(O)c(O)c1. The Hall–Kier alpha value is -2.59. The molecular formula is C21H28FN3O6. The molecule has 1 aromatic rings. The number of phenolic OH excluding ortho intramolecular Hbond substituents is 2. The number of benzene rings is 1. The molecule has 3 fully saturated rings. The number of hydrogen-bond acceptors (Lipinski definition) is 7. The highest BCUT2D eigenvalue weighted by molar-refractivity contribution is 5.94. The van der Waals surface area contributed by atoms with Crippen molar-refractivity contribution in [2.45, 2.75) is 43.6 Å². The molecule has 2 aliphatic heterocycles. The van der Waals surface area contributed by atoms with E-state index in [1.54, 1.807) is 4.90 Å². The number of aromatic hydroxyl groups is 2. The number of morpholine rings is 1. The fraction of sp³-hybridized carbons (Fsp3) is 0.619. The van der Waals surface area contributed by atoms with Crippen LogP contribution in [0.2, 0.25) is 0 Å². The van der Waals surface area contributed by atoms with E-state index in [9.17, 15) is 24.2 Å². The molecule has 3 aliphatic rings. The van der Waals surface area contributed by atoms with Crippen molar-refractivity contribution in [2.24, 2.45) is 0 Å². The third-order valence-corrected chi connectivity index (χ3v) is 6.30. The van der Waals surface area contributed by atoms with Gasteiger partial charge in [-0.1, -0.05) is 0 Å². The molecule has 0 bridgehead atoms. The number of hydrogen-bond donors (Lipinski definition) is 3. The number of cyclic esters (lactones) is 1. The van der Waals surface area contributed by atoms with E-state index < -0.39 is 24.3 Å². The quantitative estimate of drug-likeness (QED) is 0.595. The zero-order valence-electron chi connectivity index (χ0n) is 17.2. The van der Waals surface area contributed by atoms with Gasteiger partial charge in [-0.15, -0.1) is 0 Å². The smallest absolute Gasteiger partial charge is 0.410 e. The summed E-state index contributed by atoms with van der Waals surface area (Å²) in [6.45, 7) is 3.12. The predicted octanol–water partition coefficient (Wildman–Crippen LogP) is 1.24. The fourth-order valence-electron chi connectivity index (χ4n) is 4.60. The molecule has 1 saturated carbocycles. The van der Waals surface area contributed by atoms with Crippen LogP contribution in [0.5, 0.6) is 11.5 Å². The summed E-state index contributed by atoms with van der Waals surface area (Å²) in [5, 5.41) is 21.5. The van der Waals surface area contributed by atoms with Gasteiger partial charge in [-0.2, -0.15) is 0 Å². The molecule has 1 aromatic carbocycles. The molecule has 170 valence electrons. The number of amides is 2. The molecule has 31 heavy (non-hydrogen) atoms. The van der Waals surface area contributed by atoms with E-state index in [1.807, 2.05) is 0 Å². The highest BCUT2D eigenvalue weighted by atomic mass is 19.1. The van der Waals surface area contributed by atoms with Crippen LogP contribution in [0.25, 0.3) is 0 Å². The molecular weight excluding hydrogens is 409 g/mol. The van der Waals surface area contributed by atoms with Crippen molar-refractivity contribution in [3.05, 3.63) is 23.8 Å². The van der Waals surface area contributed by atoms with E-state index in [-0.39, 0.29) is 42.1 Å². The summed E-state index contributed by atoms with van der Waals surface area (Å²) in [5.74, 6) is -1.16. The maximum Gasteiger partial charge on any atom is 0.410 e. The highest BCUT2D eigenvalue weighted by Crippen LogP contribution is 2.31. The molecule has 0 radical (unpaired) electrons. The lowest BCUT2D eigenvalue weighted by Gasteiger charge is -2.42. The predicted molar refractivity (Wildman–Crippen MR) is 108 cm³/mol. The number of nitrogens with zero attached hydrogens (tertiary/aromatic N) is 2. The first kappa shape index (κ1) is 21.6. The molecule has 0 aromatic heterocycles. The lowest BCUT2D eigenvalue weighted by molar-refractivity contribution is -0.0232. The summed E-state index contributed by atoms with van der Waals surface area (Å²) >= 11 is 0. The number of halogens is 1. The first-order valence-corrected chi connectivity index (χ1v) is 10.7. The Morgan fingerprint density at radius 1 is 1.19 bits per heavy atom. The number of ether oxygens (including phenoxy) is 2. The van der Waals surface area contributed by atoms with Gasteiger partial charge in [-0.3, -0.25) is 9.69 Å². The van der Waals surface area contributed by atoms with Crippen LogP contribution in [0.1, 0.15) is 29.6 Å². The number of alkyl halides is 1. The third kappa shape index (κ3) is 4.85. The minimum atomic E-state index is -1.01. The second kappa shape index (κ2) is 9.27. The number of phenols is 2. The van der Waals surface area contributed by atoms with Crippen molar-refractivity contribution in [3.63, 3.8) is 0 Å². The fourth-order valence-corrected chi connectivity index (χ4v) is 4.60. The first-order valence-electron chi connectivity index (χ1n) is 10.7. The van der Waals surface area contributed by atoms with Gasteiger partial charge >= 0.3 is 6.09 Å². The van der Waals surface area contributed by atoms with Crippen LogP contribution in [0.15, 0.2) is 18.2 Å². The Morgan fingerprint density at radius 3 is 2.68 bits per heavy atom. The van der Waals surface area contributed by atoms with E-state index in [0.717, 1.165) is 19.2 Å². The average molecular weight is 437 g/mol. The molecule has 1 aliphatic carbocycles. The zero-order valence-corrected chi connectivity index (χ0v) is 17.2. The molecule has 2 unspecified atom stereocenters. The van der Waals surface area contributed by atoms with Crippen molar-refractivity contribution in [1.82, 2.24) is 15.1 Å². The normalized spacial score (nSPS) is 29.6. The van der Waals surface area contributed by atoms with Crippen molar-refractivity contribution in [1.29, 1.82) is 0 Å². The first-order chi connectivity index (χ1) is 14.9. The van der Waals surface area contributed by atoms with Crippen LogP contribution >= 0.6 is 0 Å². The second-order valence-electron chi connectivity index (χ2n) is 8.27. The average Bonchev–Trinajstić information content (AvgIpc) is 3.15. The van der Waals surface area contributed by atoms with Gasteiger partial charge in [0.1, 0.15) is 12.3 Å². The van der Waals surface area contributed by atoms with Crippen LogP contribution in [0.4, 0.5) is 9.18 Å². The maximum absolute atomic E-state index is 14.9. The van der Waals surface area contributed by atoms with E-state index in [0.29, 0.717) is 32.6 Å². The molecule has 4 atom stereocenters. The molecule has 0 spiro atoms. The van der Waals surface area contributed by atoms with Crippen LogP contribution in [-0.4, -0.2) is 95.8 Å². The number of rotatable bonds is 5. The summed E-state index contributed by atoms with van der Waals surface area (Å²) in [7, 11) is 0. The van der Waals surface area contributed by atoms with Crippen LogP contribution in [-0.2, 0) is 9.47 Å². The van der Waals surface area contributed by atoms with E-state index >= 15 is 0 Å². The minimum absolute atomic E-state index is 0.102. The van der Waals surface area contributed by atoms with Gasteiger partial charge in [0.05, 0.1) is 26.3 Å². The lowest BCUT2D eigenvalue weighted by Crippen LogP contribution is -2.53. The number of nitrogens with one attached hydrogen (secondary N) is 1. The lowest BCUT2D eigenvalue weighted by atomic mass is 9.87. The Balaban J connectivity index is 1.27. The minimum Gasteiger partial charge on any atom is -0.504 e. The molecule has 2 saturated heterocycles. The van der Waals surface area contributed by atoms with Gasteiger partial charge in [0, 0.05) is 37.2 Å². The maximum atomic E-state index is 14.9. The largest absolute Gasteiger partial charge is 0.504 e. The van der Waals surface area contributed by atoms with Gasteiger partial charge in [-0.05, 0) is 31.0 Å². The van der Waals surface area contributed by atoms with Gasteiger partial charge in [0.15, 0.2) is 11.5 Å². The van der Waals surface area contributed by atoms with Crippen molar-refractivity contribution >= 4 is 12.0 Å². The Morgan fingerprint density at radius 2 is 1.97 bits per heavy atom. The topological polar surface area (TPSA) is 112 Å².